The molecule has 0 amide bonds. The molecule has 16 heavy (non-hydrogen) atoms. The second-order valence-corrected chi connectivity index (χ2v) is 3.42. The van der Waals surface area contributed by atoms with E-state index in [9.17, 15) is 0 Å². The number of nitrogens with zero attached hydrogens (tertiary/aromatic N) is 3. The van der Waals surface area contributed by atoms with Crippen molar-refractivity contribution in [2.75, 3.05) is 5.32 Å². The van der Waals surface area contributed by atoms with Gasteiger partial charge in [-0.1, -0.05) is 23.7 Å². The Hall–Kier alpha value is -2.12. The first kappa shape index (κ1) is 10.4. The third kappa shape index (κ3) is 2.10. The van der Waals surface area contributed by atoms with Crippen LogP contribution in [-0.2, 0) is 0 Å². The molecule has 4 nitrogen and oxygen atoms in total. The van der Waals surface area contributed by atoms with Crippen LogP contribution in [-0.4, -0.2) is 10.2 Å². The average molecular weight is 231 g/mol. The van der Waals surface area contributed by atoms with Gasteiger partial charge in [0.15, 0.2) is 5.82 Å². The van der Waals surface area contributed by atoms with Crippen LogP contribution in [0.1, 0.15) is 5.56 Å². The Bertz CT molecular complexity index is 548. The number of benzene rings is 1. The van der Waals surface area contributed by atoms with Gasteiger partial charge in [0.2, 0.25) is 0 Å². The Morgan fingerprint density at radius 1 is 1.25 bits per heavy atom. The highest BCUT2D eigenvalue weighted by molar-refractivity contribution is 6.33. The Balaban J connectivity index is 2.35. The maximum absolute atomic E-state index is 8.87. The fourth-order valence-electron chi connectivity index (χ4n) is 1.20. The standard InChI is InChI=1S/C11H7ClN4/c12-9-3-1-2-4-10(9)15-11-8(7-13)5-6-14-16-11/h1-6H,(H,15,16). The van der Waals surface area contributed by atoms with Gasteiger partial charge in [0.05, 0.1) is 22.5 Å². The molecule has 0 aliphatic carbocycles. The normalized spacial score (nSPS) is 9.50. The van der Waals surface area contributed by atoms with Crippen LogP contribution in [0.3, 0.4) is 0 Å². The lowest BCUT2D eigenvalue weighted by molar-refractivity contribution is 1.03. The second kappa shape index (κ2) is 4.60. The van der Waals surface area contributed by atoms with E-state index >= 15 is 0 Å². The van der Waals surface area contributed by atoms with Crippen molar-refractivity contribution in [1.29, 1.82) is 5.26 Å². The summed E-state index contributed by atoms with van der Waals surface area (Å²) in [5.41, 5.74) is 1.12. The lowest BCUT2D eigenvalue weighted by Crippen LogP contribution is -1.98. The number of nitriles is 1. The van der Waals surface area contributed by atoms with Crippen molar-refractivity contribution in [3.05, 3.63) is 47.1 Å². The van der Waals surface area contributed by atoms with Crippen LogP contribution in [0.15, 0.2) is 36.5 Å². The minimum Gasteiger partial charge on any atom is -0.336 e. The molecule has 1 aromatic carbocycles. The highest BCUT2D eigenvalue weighted by Gasteiger charge is 2.05. The molecule has 0 unspecified atom stereocenters. The van der Waals surface area contributed by atoms with Gasteiger partial charge in [-0.15, -0.1) is 5.10 Å². The van der Waals surface area contributed by atoms with Crippen LogP contribution in [0.2, 0.25) is 5.02 Å². The maximum atomic E-state index is 8.87. The fourth-order valence-corrected chi connectivity index (χ4v) is 1.39. The monoisotopic (exact) mass is 230 g/mol. The van der Waals surface area contributed by atoms with Crippen molar-refractivity contribution in [2.45, 2.75) is 0 Å². The molecule has 78 valence electrons. The van der Waals surface area contributed by atoms with Gasteiger partial charge in [0, 0.05) is 0 Å². The van der Waals surface area contributed by atoms with Gasteiger partial charge in [-0.3, -0.25) is 0 Å². The van der Waals surface area contributed by atoms with E-state index in [1.54, 1.807) is 18.2 Å². The van der Waals surface area contributed by atoms with E-state index in [1.807, 2.05) is 18.2 Å². The number of aromatic nitrogens is 2. The molecule has 0 bridgehead atoms. The summed E-state index contributed by atoms with van der Waals surface area (Å²) in [4.78, 5) is 0. The molecule has 0 fully saturated rings. The highest BCUT2D eigenvalue weighted by Crippen LogP contribution is 2.24. The Morgan fingerprint density at radius 3 is 2.81 bits per heavy atom. The lowest BCUT2D eigenvalue weighted by atomic mass is 10.3. The molecule has 0 aliphatic heterocycles. The van der Waals surface area contributed by atoms with Crippen molar-refractivity contribution >= 4 is 23.1 Å². The van der Waals surface area contributed by atoms with E-state index in [1.165, 1.54) is 6.20 Å². The predicted octanol–water partition coefficient (Wildman–Crippen LogP) is 2.75. The van der Waals surface area contributed by atoms with E-state index in [0.717, 1.165) is 0 Å². The molecule has 0 atom stereocenters. The molecule has 1 N–H and O–H groups in total. The van der Waals surface area contributed by atoms with Crippen molar-refractivity contribution in [1.82, 2.24) is 10.2 Å². The second-order valence-electron chi connectivity index (χ2n) is 3.01. The predicted molar refractivity (Wildman–Crippen MR) is 61.5 cm³/mol. The minimum absolute atomic E-state index is 0.401. The van der Waals surface area contributed by atoms with Crippen molar-refractivity contribution in [3.63, 3.8) is 0 Å². The molecule has 2 aromatic rings. The van der Waals surface area contributed by atoms with Crippen LogP contribution in [0, 0.1) is 11.3 Å². The number of anilines is 2. The number of rotatable bonds is 2. The van der Waals surface area contributed by atoms with Crippen molar-refractivity contribution in [2.24, 2.45) is 0 Å². The quantitative estimate of drug-likeness (QED) is 0.862. The molecule has 0 spiro atoms. The molecule has 1 aromatic heterocycles. The molecular formula is C11H7ClN4. The molecule has 0 saturated heterocycles. The first-order chi connectivity index (χ1) is 7.81. The topological polar surface area (TPSA) is 61.6 Å². The number of para-hydroxylation sites is 1. The molecule has 0 radical (unpaired) electrons. The summed E-state index contributed by atoms with van der Waals surface area (Å²) in [7, 11) is 0. The minimum atomic E-state index is 0.401. The Kier molecular flexibility index (Phi) is 2.99. The third-order valence-corrected chi connectivity index (χ3v) is 2.30. The summed E-state index contributed by atoms with van der Waals surface area (Å²) >= 11 is 5.98. The first-order valence-corrected chi connectivity index (χ1v) is 4.92. The molecule has 0 aliphatic rings. The SMILES string of the molecule is N#Cc1ccnnc1Nc1ccccc1Cl. The largest absolute Gasteiger partial charge is 0.336 e. The van der Waals surface area contributed by atoms with Gasteiger partial charge in [-0.25, -0.2) is 0 Å². The number of halogens is 1. The summed E-state index contributed by atoms with van der Waals surface area (Å²) in [6, 6.07) is 10.8. The zero-order valence-electron chi connectivity index (χ0n) is 8.18. The van der Waals surface area contributed by atoms with Crippen molar-refractivity contribution < 1.29 is 0 Å². The van der Waals surface area contributed by atoms with E-state index in [4.69, 9.17) is 16.9 Å². The van der Waals surface area contributed by atoms with Crippen LogP contribution < -0.4 is 5.32 Å². The van der Waals surface area contributed by atoms with Crippen LogP contribution in [0.5, 0.6) is 0 Å². The Labute approximate surface area is 97.5 Å². The van der Waals surface area contributed by atoms with Crippen LogP contribution >= 0.6 is 11.6 Å². The highest BCUT2D eigenvalue weighted by atomic mass is 35.5. The zero-order chi connectivity index (χ0) is 11.4. The van der Waals surface area contributed by atoms with E-state index in [0.29, 0.717) is 22.1 Å². The number of hydrogen-bond acceptors (Lipinski definition) is 4. The van der Waals surface area contributed by atoms with Gasteiger partial charge in [-0.05, 0) is 18.2 Å². The van der Waals surface area contributed by atoms with E-state index in [2.05, 4.69) is 15.5 Å². The van der Waals surface area contributed by atoms with Gasteiger partial charge in [0.1, 0.15) is 6.07 Å². The van der Waals surface area contributed by atoms with E-state index in [-0.39, 0.29) is 0 Å². The van der Waals surface area contributed by atoms with Gasteiger partial charge >= 0.3 is 0 Å². The van der Waals surface area contributed by atoms with Gasteiger partial charge in [-0.2, -0.15) is 10.4 Å². The fraction of sp³-hybridized carbons (Fsp3) is 0. The van der Waals surface area contributed by atoms with Crippen LogP contribution in [0.25, 0.3) is 0 Å². The smallest absolute Gasteiger partial charge is 0.171 e. The van der Waals surface area contributed by atoms with E-state index < -0.39 is 0 Å². The zero-order valence-corrected chi connectivity index (χ0v) is 8.94. The van der Waals surface area contributed by atoms with Crippen molar-refractivity contribution in [3.8, 4) is 6.07 Å². The van der Waals surface area contributed by atoms with Gasteiger partial charge in [0.25, 0.3) is 0 Å². The molecule has 1 heterocycles. The molecule has 5 heteroatoms. The number of hydrogen-bond donors (Lipinski definition) is 1. The molecule has 2 rings (SSSR count). The summed E-state index contributed by atoms with van der Waals surface area (Å²) in [5, 5.41) is 20.0. The lowest BCUT2D eigenvalue weighted by Gasteiger charge is -2.07. The Morgan fingerprint density at radius 2 is 2.06 bits per heavy atom. The third-order valence-electron chi connectivity index (χ3n) is 1.97. The maximum Gasteiger partial charge on any atom is 0.171 e. The molecular weight excluding hydrogens is 224 g/mol. The number of nitrogens with one attached hydrogen (secondary N) is 1. The molecule has 0 saturated carbocycles. The summed E-state index contributed by atoms with van der Waals surface area (Å²) in [5.74, 6) is 0.401. The summed E-state index contributed by atoms with van der Waals surface area (Å²) < 4.78 is 0. The summed E-state index contributed by atoms with van der Waals surface area (Å²) in [6.07, 6.45) is 1.47. The van der Waals surface area contributed by atoms with Crippen LogP contribution in [0.4, 0.5) is 11.5 Å². The average Bonchev–Trinajstić information content (AvgIpc) is 2.33. The van der Waals surface area contributed by atoms with Gasteiger partial charge < -0.3 is 5.32 Å². The summed E-state index contributed by atoms with van der Waals surface area (Å²) in [6.45, 7) is 0. The first-order valence-electron chi connectivity index (χ1n) is 4.54.